The molecule has 0 radical (unpaired) electrons. The number of hydrogen-bond donors (Lipinski definition) is 0. The van der Waals surface area contributed by atoms with Crippen molar-refractivity contribution in [2.75, 3.05) is 6.54 Å². The van der Waals surface area contributed by atoms with Crippen molar-refractivity contribution in [2.24, 2.45) is 0 Å². The lowest BCUT2D eigenvalue weighted by Gasteiger charge is -2.37. The SMILES string of the molecule is C=C1C(C)=C(C=O)CN(S(=O)(=O)c2ccc(C)cc2)[C@@H]1c1ccc(Br)cc1. The molecule has 1 aliphatic rings. The largest absolute Gasteiger partial charge is 0.298 e. The third-order valence-electron chi connectivity index (χ3n) is 4.86. The van der Waals surface area contributed by atoms with Crippen LogP contribution >= 0.6 is 15.9 Å². The van der Waals surface area contributed by atoms with Crippen LogP contribution in [-0.2, 0) is 14.8 Å². The third-order valence-corrected chi connectivity index (χ3v) is 7.22. The normalized spacial score (nSPS) is 18.6. The van der Waals surface area contributed by atoms with Crippen LogP contribution in [-0.4, -0.2) is 25.6 Å². The van der Waals surface area contributed by atoms with Crippen LogP contribution in [0.3, 0.4) is 0 Å². The molecule has 27 heavy (non-hydrogen) atoms. The number of benzene rings is 2. The van der Waals surface area contributed by atoms with Gasteiger partial charge in [0.2, 0.25) is 10.0 Å². The van der Waals surface area contributed by atoms with E-state index in [-0.39, 0.29) is 11.4 Å². The van der Waals surface area contributed by atoms with Gasteiger partial charge in [-0.1, -0.05) is 52.3 Å². The lowest BCUT2D eigenvalue weighted by molar-refractivity contribution is -0.105. The summed E-state index contributed by atoms with van der Waals surface area (Å²) >= 11 is 3.41. The molecule has 0 amide bonds. The zero-order chi connectivity index (χ0) is 19.8. The smallest absolute Gasteiger partial charge is 0.244 e. The summed E-state index contributed by atoms with van der Waals surface area (Å²) in [5.74, 6) is 0. The number of halogens is 1. The topological polar surface area (TPSA) is 54.5 Å². The Morgan fingerprint density at radius 1 is 1.07 bits per heavy atom. The van der Waals surface area contributed by atoms with Gasteiger partial charge in [0.05, 0.1) is 10.9 Å². The Bertz CT molecular complexity index is 1020. The molecule has 0 N–H and O–H groups in total. The van der Waals surface area contributed by atoms with Crippen molar-refractivity contribution in [1.29, 1.82) is 0 Å². The van der Waals surface area contributed by atoms with Gasteiger partial charge in [0.25, 0.3) is 0 Å². The van der Waals surface area contributed by atoms with Gasteiger partial charge >= 0.3 is 0 Å². The van der Waals surface area contributed by atoms with Crippen molar-refractivity contribution >= 4 is 32.2 Å². The van der Waals surface area contributed by atoms with Crippen LogP contribution < -0.4 is 0 Å². The molecule has 0 spiro atoms. The summed E-state index contributed by atoms with van der Waals surface area (Å²) < 4.78 is 29.1. The third kappa shape index (κ3) is 3.70. The highest BCUT2D eigenvalue weighted by atomic mass is 79.9. The number of aldehydes is 1. The van der Waals surface area contributed by atoms with Gasteiger partial charge in [-0.3, -0.25) is 4.79 Å². The van der Waals surface area contributed by atoms with E-state index in [0.29, 0.717) is 11.1 Å². The van der Waals surface area contributed by atoms with Crippen LogP contribution in [0.4, 0.5) is 0 Å². The van der Waals surface area contributed by atoms with Crippen molar-refractivity contribution in [1.82, 2.24) is 4.31 Å². The molecule has 3 rings (SSSR count). The Labute approximate surface area is 168 Å². The van der Waals surface area contributed by atoms with E-state index in [0.717, 1.165) is 27.5 Å². The van der Waals surface area contributed by atoms with Crippen LogP contribution in [0.1, 0.15) is 24.1 Å². The fourth-order valence-electron chi connectivity index (χ4n) is 3.17. The van der Waals surface area contributed by atoms with Gasteiger partial charge in [0.1, 0.15) is 6.29 Å². The molecule has 140 valence electrons. The van der Waals surface area contributed by atoms with E-state index in [1.807, 2.05) is 38.1 Å². The molecule has 1 aliphatic heterocycles. The van der Waals surface area contributed by atoms with E-state index in [1.165, 1.54) is 4.31 Å². The summed E-state index contributed by atoms with van der Waals surface area (Å²) in [6.45, 7) is 7.85. The molecule has 2 aromatic carbocycles. The lowest BCUT2D eigenvalue weighted by Crippen LogP contribution is -2.40. The molecule has 0 aliphatic carbocycles. The minimum atomic E-state index is -3.82. The summed E-state index contributed by atoms with van der Waals surface area (Å²) in [5, 5.41) is 0. The first-order chi connectivity index (χ1) is 12.8. The van der Waals surface area contributed by atoms with E-state index < -0.39 is 16.1 Å². The Morgan fingerprint density at radius 2 is 1.67 bits per heavy atom. The van der Waals surface area contributed by atoms with Crippen molar-refractivity contribution in [3.05, 3.63) is 87.4 Å². The zero-order valence-corrected chi connectivity index (χ0v) is 17.5. The van der Waals surface area contributed by atoms with E-state index in [1.54, 1.807) is 24.3 Å². The van der Waals surface area contributed by atoms with Crippen molar-refractivity contribution in [2.45, 2.75) is 24.8 Å². The lowest BCUT2D eigenvalue weighted by atomic mass is 9.89. The number of hydrogen-bond acceptors (Lipinski definition) is 3. The van der Waals surface area contributed by atoms with Crippen LogP contribution in [0.2, 0.25) is 0 Å². The molecule has 0 fully saturated rings. The molecule has 4 nitrogen and oxygen atoms in total. The summed E-state index contributed by atoms with van der Waals surface area (Å²) in [6, 6.07) is 13.6. The van der Waals surface area contributed by atoms with Crippen molar-refractivity contribution in [3.8, 4) is 0 Å². The number of carbonyl (C=O) groups excluding carboxylic acids is 1. The molecule has 0 saturated carbocycles. The molecule has 0 bridgehead atoms. The van der Waals surface area contributed by atoms with Crippen molar-refractivity contribution in [3.63, 3.8) is 0 Å². The molecule has 1 heterocycles. The van der Waals surface area contributed by atoms with Gasteiger partial charge in [0.15, 0.2) is 0 Å². The van der Waals surface area contributed by atoms with E-state index in [4.69, 9.17) is 0 Å². The first kappa shape index (κ1) is 19.7. The first-order valence-electron chi connectivity index (χ1n) is 8.44. The molecule has 0 saturated heterocycles. The van der Waals surface area contributed by atoms with Gasteiger partial charge < -0.3 is 0 Å². The number of aryl methyl sites for hydroxylation is 1. The highest BCUT2D eigenvalue weighted by Gasteiger charge is 2.38. The van der Waals surface area contributed by atoms with Gasteiger partial charge in [-0.25, -0.2) is 8.42 Å². The van der Waals surface area contributed by atoms with Gasteiger partial charge in [-0.15, -0.1) is 0 Å². The molecule has 6 heteroatoms. The summed E-state index contributed by atoms with van der Waals surface area (Å²) in [4.78, 5) is 11.7. The second-order valence-corrected chi connectivity index (χ2v) is 9.42. The first-order valence-corrected chi connectivity index (χ1v) is 10.7. The quantitative estimate of drug-likeness (QED) is 0.647. The minimum absolute atomic E-state index is 0.0191. The average molecular weight is 446 g/mol. The Morgan fingerprint density at radius 3 is 2.22 bits per heavy atom. The fourth-order valence-corrected chi connectivity index (χ4v) is 5.02. The zero-order valence-electron chi connectivity index (χ0n) is 15.1. The van der Waals surface area contributed by atoms with Gasteiger partial charge in [-0.2, -0.15) is 4.31 Å². The minimum Gasteiger partial charge on any atom is -0.298 e. The summed E-state index contributed by atoms with van der Waals surface area (Å²) in [7, 11) is -3.82. The van der Waals surface area contributed by atoms with Gasteiger partial charge in [-0.05, 0) is 54.8 Å². The molecular weight excluding hydrogens is 426 g/mol. The maximum atomic E-state index is 13.4. The molecule has 2 aromatic rings. The average Bonchev–Trinajstić information content (AvgIpc) is 2.65. The second kappa shape index (κ2) is 7.54. The van der Waals surface area contributed by atoms with E-state index in [9.17, 15) is 13.2 Å². The van der Waals surface area contributed by atoms with E-state index >= 15 is 0 Å². The van der Waals surface area contributed by atoms with Crippen molar-refractivity contribution < 1.29 is 13.2 Å². The van der Waals surface area contributed by atoms with Crippen LogP contribution in [0.5, 0.6) is 0 Å². The predicted molar refractivity (Wildman–Crippen MR) is 110 cm³/mol. The predicted octanol–water partition coefficient (Wildman–Crippen LogP) is 4.57. The highest BCUT2D eigenvalue weighted by molar-refractivity contribution is 9.10. The van der Waals surface area contributed by atoms with Crippen LogP contribution in [0.25, 0.3) is 0 Å². The summed E-state index contributed by atoms with van der Waals surface area (Å²) in [5.41, 5.74) is 3.58. The number of rotatable bonds is 4. The van der Waals surface area contributed by atoms with E-state index in [2.05, 4.69) is 22.5 Å². The van der Waals surface area contributed by atoms with Gasteiger partial charge in [0, 0.05) is 16.6 Å². The molecular formula is C21H20BrNO3S. The molecule has 0 unspecified atom stereocenters. The Hall–Kier alpha value is -2.02. The molecule has 1 atom stereocenters. The maximum absolute atomic E-state index is 13.4. The second-order valence-electron chi connectivity index (χ2n) is 6.61. The fraction of sp³-hybridized carbons (Fsp3) is 0.190. The van der Waals surface area contributed by atoms with Crippen LogP contribution in [0.15, 0.2) is 81.2 Å². The standard InChI is InChI=1S/C21H20BrNO3S/c1-14-4-10-20(11-5-14)27(25,26)23-12-18(13-24)15(2)16(3)21(23)17-6-8-19(22)9-7-17/h4-11,13,21H,3,12H2,1-2H3/t21-/m0/s1. The monoisotopic (exact) mass is 445 g/mol. The number of sulfonamides is 1. The Kier molecular flexibility index (Phi) is 5.51. The number of nitrogens with zero attached hydrogens (tertiary/aromatic N) is 1. The summed E-state index contributed by atoms with van der Waals surface area (Å²) in [6.07, 6.45) is 0.718. The maximum Gasteiger partial charge on any atom is 0.244 e. The van der Waals surface area contributed by atoms with Crippen LogP contribution in [0, 0.1) is 6.92 Å². The molecule has 0 aromatic heterocycles. The Balaban J connectivity index is 2.17. The highest BCUT2D eigenvalue weighted by Crippen LogP contribution is 2.40. The number of carbonyl (C=O) groups is 1.